The number of anilines is 1. The van der Waals surface area contributed by atoms with Crippen LogP contribution in [-0.4, -0.2) is 17.0 Å². The second kappa shape index (κ2) is 7.86. The molecule has 2 N–H and O–H groups in total. The first-order valence-electron chi connectivity index (χ1n) is 8.66. The Balaban J connectivity index is 1.79. The van der Waals surface area contributed by atoms with Crippen LogP contribution in [0.5, 0.6) is 0 Å². The van der Waals surface area contributed by atoms with Crippen LogP contribution in [0.4, 0.5) is 5.69 Å². The van der Waals surface area contributed by atoms with E-state index in [1.165, 1.54) is 0 Å². The molecule has 3 rings (SSSR count). The van der Waals surface area contributed by atoms with Gasteiger partial charge in [-0.2, -0.15) is 0 Å². The van der Waals surface area contributed by atoms with Crippen molar-refractivity contribution in [2.24, 2.45) is 0 Å². The summed E-state index contributed by atoms with van der Waals surface area (Å²) >= 11 is 0. The zero-order valence-corrected chi connectivity index (χ0v) is 15.4. The molecule has 0 aliphatic rings. The molecule has 2 amide bonds. The maximum absolute atomic E-state index is 12.8. The molecule has 2 aromatic carbocycles. The highest BCUT2D eigenvalue weighted by molar-refractivity contribution is 6.09. The van der Waals surface area contributed by atoms with Crippen molar-refractivity contribution in [3.05, 3.63) is 82.7 Å². The molecule has 1 atom stereocenters. The molecular weight excluding hydrogens is 342 g/mol. The van der Waals surface area contributed by atoms with E-state index in [9.17, 15) is 9.59 Å². The molecule has 0 saturated heterocycles. The molecule has 138 valence electrons. The Labute approximate surface area is 157 Å². The molecule has 0 aliphatic carbocycles. The average molecular weight is 363 g/mol. The van der Waals surface area contributed by atoms with Gasteiger partial charge < -0.3 is 15.2 Å². The van der Waals surface area contributed by atoms with E-state index in [-0.39, 0.29) is 17.9 Å². The zero-order chi connectivity index (χ0) is 19.4. The van der Waals surface area contributed by atoms with Crippen molar-refractivity contribution in [3.63, 3.8) is 0 Å². The molecule has 0 bridgehead atoms. The van der Waals surface area contributed by atoms with Crippen molar-refractivity contribution in [2.45, 2.75) is 26.8 Å². The Morgan fingerprint density at radius 3 is 2.30 bits per heavy atom. The Hall–Kier alpha value is -3.41. The Kier molecular flexibility index (Phi) is 5.35. The van der Waals surface area contributed by atoms with Gasteiger partial charge in [0, 0.05) is 0 Å². The monoisotopic (exact) mass is 363 g/mol. The lowest BCUT2D eigenvalue weighted by Gasteiger charge is -2.16. The van der Waals surface area contributed by atoms with Crippen LogP contribution in [0.2, 0.25) is 0 Å². The molecule has 0 unspecified atom stereocenters. The van der Waals surface area contributed by atoms with Crippen molar-refractivity contribution in [1.29, 1.82) is 0 Å². The Morgan fingerprint density at radius 2 is 1.63 bits per heavy atom. The lowest BCUT2D eigenvalue weighted by Crippen LogP contribution is -2.28. The number of hydrogen-bond acceptors (Lipinski definition) is 4. The first kappa shape index (κ1) is 18.4. The van der Waals surface area contributed by atoms with Crippen LogP contribution in [0.1, 0.15) is 50.7 Å². The van der Waals surface area contributed by atoms with E-state index in [0.717, 1.165) is 5.56 Å². The summed E-state index contributed by atoms with van der Waals surface area (Å²) in [6, 6.07) is 16.4. The molecule has 0 radical (unpaired) electrons. The van der Waals surface area contributed by atoms with Gasteiger partial charge in [-0.3, -0.25) is 9.59 Å². The van der Waals surface area contributed by atoms with Gasteiger partial charge in [0.2, 0.25) is 0 Å². The van der Waals surface area contributed by atoms with E-state index in [0.29, 0.717) is 28.3 Å². The number of aromatic nitrogens is 1. The predicted molar refractivity (Wildman–Crippen MR) is 103 cm³/mol. The number of para-hydroxylation sites is 1. The van der Waals surface area contributed by atoms with Gasteiger partial charge >= 0.3 is 0 Å². The minimum atomic E-state index is -0.359. The summed E-state index contributed by atoms with van der Waals surface area (Å²) in [4.78, 5) is 25.4. The summed E-state index contributed by atoms with van der Waals surface area (Å²) in [6.07, 6.45) is 0. The number of aryl methyl sites for hydroxylation is 2. The lowest BCUT2D eigenvalue weighted by atomic mass is 10.1. The first-order valence-corrected chi connectivity index (χ1v) is 8.66. The van der Waals surface area contributed by atoms with Crippen molar-refractivity contribution >= 4 is 17.5 Å². The van der Waals surface area contributed by atoms with Crippen LogP contribution >= 0.6 is 0 Å². The summed E-state index contributed by atoms with van der Waals surface area (Å²) < 4.78 is 5.04. The minimum absolute atomic E-state index is 0.162. The van der Waals surface area contributed by atoms with Gasteiger partial charge in [0.25, 0.3) is 11.8 Å². The van der Waals surface area contributed by atoms with Crippen molar-refractivity contribution in [2.75, 3.05) is 5.32 Å². The van der Waals surface area contributed by atoms with Gasteiger partial charge in [0.15, 0.2) is 0 Å². The molecule has 3 aromatic rings. The maximum atomic E-state index is 12.8. The summed E-state index contributed by atoms with van der Waals surface area (Å²) in [5, 5.41) is 9.55. The molecular formula is C21H21N3O3. The van der Waals surface area contributed by atoms with Crippen LogP contribution in [0, 0.1) is 13.8 Å². The first-order chi connectivity index (χ1) is 13.0. The van der Waals surface area contributed by atoms with E-state index in [1.54, 1.807) is 38.1 Å². The fourth-order valence-electron chi connectivity index (χ4n) is 2.88. The van der Waals surface area contributed by atoms with Gasteiger partial charge in [0.1, 0.15) is 11.3 Å². The molecule has 6 heteroatoms. The van der Waals surface area contributed by atoms with Crippen LogP contribution in [0.25, 0.3) is 0 Å². The van der Waals surface area contributed by atoms with Gasteiger partial charge in [-0.25, -0.2) is 0 Å². The fourth-order valence-corrected chi connectivity index (χ4v) is 2.88. The van der Waals surface area contributed by atoms with Gasteiger partial charge in [0.05, 0.1) is 23.0 Å². The van der Waals surface area contributed by atoms with Crippen LogP contribution in [0.3, 0.4) is 0 Å². The molecule has 0 spiro atoms. The number of carbonyl (C=O) groups excluding carboxylic acids is 2. The zero-order valence-electron chi connectivity index (χ0n) is 15.4. The third-order valence-electron chi connectivity index (χ3n) is 4.33. The van der Waals surface area contributed by atoms with Gasteiger partial charge in [-0.1, -0.05) is 47.6 Å². The van der Waals surface area contributed by atoms with Crippen molar-refractivity contribution in [3.8, 4) is 0 Å². The largest absolute Gasteiger partial charge is 0.361 e. The SMILES string of the molecule is Cc1noc(C)c1C(=O)Nc1ccccc1C(=O)N[C@H](C)c1ccccc1. The average Bonchev–Trinajstić information content (AvgIpc) is 3.01. The summed E-state index contributed by atoms with van der Waals surface area (Å²) in [5.41, 5.74) is 2.70. The topological polar surface area (TPSA) is 84.2 Å². The number of amides is 2. The van der Waals surface area contributed by atoms with E-state index in [1.807, 2.05) is 37.3 Å². The second-order valence-electron chi connectivity index (χ2n) is 6.30. The normalized spacial score (nSPS) is 11.7. The summed E-state index contributed by atoms with van der Waals surface area (Å²) in [6.45, 7) is 5.29. The molecule has 0 fully saturated rings. The number of nitrogens with zero attached hydrogens (tertiary/aromatic N) is 1. The van der Waals surface area contributed by atoms with Crippen molar-refractivity contribution in [1.82, 2.24) is 10.5 Å². The fraction of sp³-hybridized carbons (Fsp3) is 0.190. The number of carbonyl (C=O) groups is 2. The standard InChI is InChI=1S/C21H21N3O3/c1-13(16-9-5-4-6-10-16)22-20(25)17-11-7-8-12-18(17)23-21(26)19-14(2)24-27-15(19)3/h4-13H,1-3H3,(H,22,25)(H,23,26)/t13-/m1/s1. The number of rotatable bonds is 5. The molecule has 0 saturated carbocycles. The highest BCUT2D eigenvalue weighted by atomic mass is 16.5. The van der Waals surface area contributed by atoms with Crippen LogP contribution in [0.15, 0.2) is 59.1 Å². The predicted octanol–water partition coefficient (Wildman–Crippen LogP) is 4.03. The third kappa shape index (κ3) is 4.06. The Morgan fingerprint density at radius 1 is 0.963 bits per heavy atom. The Bertz CT molecular complexity index is 944. The molecule has 1 aromatic heterocycles. The van der Waals surface area contributed by atoms with E-state index in [2.05, 4.69) is 15.8 Å². The van der Waals surface area contributed by atoms with Crippen LogP contribution in [-0.2, 0) is 0 Å². The second-order valence-corrected chi connectivity index (χ2v) is 6.30. The molecule has 6 nitrogen and oxygen atoms in total. The highest BCUT2D eigenvalue weighted by Crippen LogP contribution is 2.20. The maximum Gasteiger partial charge on any atom is 0.261 e. The quantitative estimate of drug-likeness (QED) is 0.717. The van der Waals surface area contributed by atoms with Crippen molar-refractivity contribution < 1.29 is 14.1 Å². The molecule has 0 aliphatic heterocycles. The van der Waals surface area contributed by atoms with E-state index in [4.69, 9.17) is 4.52 Å². The van der Waals surface area contributed by atoms with Gasteiger partial charge in [-0.05, 0) is 38.5 Å². The van der Waals surface area contributed by atoms with E-state index < -0.39 is 0 Å². The molecule has 1 heterocycles. The number of hydrogen-bond donors (Lipinski definition) is 2. The summed E-state index contributed by atoms with van der Waals surface area (Å²) in [5.74, 6) is -0.187. The third-order valence-corrected chi connectivity index (χ3v) is 4.33. The van der Waals surface area contributed by atoms with Crippen LogP contribution < -0.4 is 10.6 Å². The number of nitrogens with one attached hydrogen (secondary N) is 2. The molecule has 27 heavy (non-hydrogen) atoms. The smallest absolute Gasteiger partial charge is 0.261 e. The number of benzene rings is 2. The summed E-state index contributed by atoms with van der Waals surface area (Å²) in [7, 11) is 0. The lowest BCUT2D eigenvalue weighted by molar-refractivity contribution is 0.0941. The van der Waals surface area contributed by atoms with Gasteiger partial charge in [-0.15, -0.1) is 0 Å². The highest BCUT2D eigenvalue weighted by Gasteiger charge is 2.20. The minimum Gasteiger partial charge on any atom is -0.361 e. The van der Waals surface area contributed by atoms with E-state index >= 15 is 0 Å².